The molecule has 1 saturated heterocycles. The lowest BCUT2D eigenvalue weighted by atomic mass is 9.98. The van der Waals surface area contributed by atoms with E-state index in [0.29, 0.717) is 49.5 Å². The highest BCUT2D eigenvalue weighted by Gasteiger charge is 2.28. The Morgan fingerprint density at radius 1 is 1.06 bits per heavy atom. The highest BCUT2D eigenvalue weighted by molar-refractivity contribution is 6.33. The van der Waals surface area contributed by atoms with E-state index in [1.165, 1.54) is 6.07 Å². The number of anilines is 2. The minimum absolute atomic E-state index is 0.0309. The Balaban J connectivity index is 1.40. The Morgan fingerprint density at radius 3 is 2.66 bits per heavy atom. The fourth-order valence-electron chi connectivity index (χ4n) is 4.40. The number of rotatable bonds is 4. The van der Waals surface area contributed by atoms with Crippen LogP contribution >= 0.6 is 11.6 Å². The number of halogens is 1. The number of hydrogen-bond acceptors (Lipinski definition) is 5. The summed E-state index contributed by atoms with van der Waals surface area (Å²) < 4.78 is 5.37. The second kappa shape index (κ2) is 8.76. The largest absolute Gasteiger partial charge is 0.378 e. The molecule has 0 saturated carbocycles. The minimum atomic E-state index is -0.257. The zero-order valence-corrected chi connectivity index (χ0v) is 18.3. The number of carbonyl (C=O) groups is 1. The number of carbonyl (C=O) groups excluding carboxylic acids is 1. The number of ether oxygens (including phenoxy) is 1. The molecule has 32 heavy (non-hydrogen) atoms. The molecule has 0 spiro atoms. The van der Waals surface area contributed by atoms with Crippen molar-refractivity contribution in [3.05, 3.63) is 75.3 Å². The van der Waals surface area contributed by atoms with E-state index in [4.69, 9.17) is 16.3 Å². The summed E-state index contributed by atoms with van der Waals surface area (Å²) in [6.45, 7) is 3.13. The number of hydrogen-bond donors (Lipinski definition) is 1. The van der Waals surface area contributed by atoms with Gasteiger partial charge < -0.3 is 19.5 Å². The molecule has 0 atom stereocenters. The lowest BCUT2D eigenvalue weighted by molar-refractivity contribution is -0.118. The summed E-state index contributed by atoms with van der Waals surface area (Å²) in [5, 5.41) is 0.687. The lowest BCUT2D eigenvalue weighted by Gasteiger charge is -2.27. The van der Waals surface area contributed by atoms with Crippen LogP contribution in [-0.2, 0) is 22.4 Å². The number of H-pyrrole nitrogens is 1. The molecule has 1 amide bonds. The molecular formula is C24H23ClN4O3. The van der Waals surface area contributed by atoms with E-state index in [2.05, 4.69) is 9.97 Å². The highest BCUT2D eigenvalue weighted by Crippen LogP contribution is 2.38. The van der Waals surface area contributed by atoms with E-state index >= 15 is 0 Å². The molecule has 2 aliphatic rings. The fourth-order valence-corrected chi connectivity index (χ4v) is 4.63. The summed E-state index contributed by atoms with van der Waals surface area (Å²) in [7, 11) is 0. The Kier molecular flexibility index (Phi) is 5.68. The van der Waals surface area contributed by atoms with E-state index < -0.39 is 0 Å². The van der Waals surface area contributed by atoms with Gasteiger partial charge in [-0.25, -0.2) is 4.98 Å². The fraction of sp³-hybridized carbons (Fsp3) is 0.292. The smallest absolute Gasteiger partial charge is 0.252 e. The van der Waals surface area contributed by atoms with Gasteiger partial charge in [-0.3, -0.25) is 9.59 Å². The zero-order chi connectivity index (χ0) is 22.1. The predicted molar refractivity (Wildman–Crippen MR) is 125 cm³/mol. The molecular weight excluding hydrogens is 428 g/mol. The van der Waals surface area contributed by atoms with Crippen molar-refractivity contribution >= 4 is 29.0 Å². The van der Waals surface area contributed by atoms with Crippen molar-refractivity contribution in [2.24, 2.45) is 0 Å². The molecule has 5 rings (SSSR count). The van der Waals surface area contributed by atoms with Crippen LogP contribution in [0.25, 0.3) is 11.1 Å². The van der Waals surface area contributed by atoms with E-state index in [0.717, 1.165) is 28.8 Å². The molecule has 2 aliphatic heterocycles. The molecule has 164 valence electrons. The first kappa shape index (κ1) is 20.7. The number of aromatic nitrogens is 2. The van der Waals surface area contributed by atoms with Crippen LogP contribution in [0.1, 0.15) is 11.4 Å². The first-order chi connectivity index (χ1) is 15.6. The summed E-state index contributed by atoms with van der Waals surface area (Å²) >= 11 is 6.43. The van der Waals surface area contributed by atoms with E-state index in [9.17, 15) is 9.59 Å². The number of morpholine rings is 1. The molecule has 0 radical (unpaired) electrons. The van der Waals surface area contributed by atoms with Gasteiger partial charge in [0.25, 0.3) is 5.56 Å². The van der Waals surface area contributed by atoms with Crippen LogP contribution in [0.15, 0.2) is 53.3 Å². The maximum atomic E-state index is 13.2. The van der Waals surface area contributed by atoms with Crippen LogP contribution in [-0.4, -0.2) is 48.7 Å². The molecule has 0 aliphatic carbocycles. The van der Waals surface area contributed by atoms with Gasteiger partial charge in [0.15, 0.2) is 0 Å². The summed E-state index contributed by atoms with van der Waals surface area (Å²) in [6.07, 6.45) is 0.781. The number of nitrogens with zero attached hydrogens (tertiary/aromatic N) is 3. The zero-order valence-electron chi connectivity index (χ0n) is 17.5. The maximum absolute atomic E-state index is 13.2. The summed E-state index contributed by atoms with van der Waals surface area (Å²) in [4.78, 5) is 36.4. The third-order valence-corrected chi connectivity index (χ3v) is 6.25. The van der Waals surface area contributed by atoms with Gasteiger partial charge >= 0.3 is 0 Å². The van der Waals surface area contributed by atoms with Crippen molar-refractivity contribution in [3.8, 4) is 11.1 Å². The van der Waals surface area contributed by atoms with Crippen LogP contribution in [0.2, 0.25) is 5.02 Å². The van der Waals surface area contributed by atoms with Crippen molar-refractivity contribution < 1.29 is 9.53 Å². The Hall–Kier alpha value is -3.16. The standard InChI is InChI=1S/C24H23ClN4O3/c25-19-6-2-1-4-17(19)16-5-3-7-20-18(16)8-9-29(20)24(31)14-21-26-22(15-23(30)27-21)28-10-12-32-13-11-28/h1-7,15H,8-14H2,(H,26,27,30). The third-order valence-electron chi connectivity index (χ3n) is 5.92. The molecule has 0 unspecified atom stereocenters. The molecule has 1 aromatic heterocycles. The van der Waals surface area contributed by atoms with Crippen LogP contribution in [0.3, 0.4) is 0 Å². The molecule has 8 heteroatoms. The SMILES string of the molecule is O=C(Cc1nc(N2CCOCC2)cc(=O)[nH]1)N1CCc2c(-c3ccccc3Cl)cccc21. The van der Waals surface area contributed by atoms with Gasteiger partial charge in [0.1, 0.15) is 11.6 Å². The molecule has 0 bridgehead atoms. The maximum Gasteiger partial charge on any atom is 0.252 e. The molecule has 1 N–H and O–H groups in total. The number of benzene rings is 2. The van der Waals surface area contributed by atoms with Crippen molar-refractivity contribution in [2.45, 2.75) is 12.8 Å². The molecule has 7 nitrogen and oxygen atoms in total. The van der Waals surface area contributed by atoms with Crippen molar-refractivity contribution in [3.63, 3.8) is 0 Å². The third kappa shape index (κ3) is 4.01. The van der Waals surface area contributed by atoms with Crippen LogP contribution in [0.4, 0.5) is 11.5 Å². The van der Waals surface area contributed by atoms with Gasteiger partial charge in [-0.2, -0.15) is 0 Å². The normalized spacial score (nSPS) is 15.7. The van der Waals surface area contributed by atoms with Gasteiger partial charge in [0.05, 0.1) is 19.6 Å². The predicted octanol–water partition coefficient (Wildman–Crippen LogP) is 3.06. The first-order valence-electron chi connectivity index (χ1n) is 10.7. The average Bonchev–Trinajstić information content (AvgIpc) is 3.24. The van der Waals surface area contributed by atoms with E-state index in [1.54, 1.807) is 4.90 Å². The van der Waals surface area contributed by atoms with Gasteiger partial charge in [0.2, 0.25) is 5.91 Å². The second-order valence-electron chi connectivity index (χ2n) is 7.90. The average molecular weight is 451 g/mol. The second-order valence-corrected chi connectivity index (χ2v) is 8.31. The first-order valence-corrected chi connectivity index (χ1v) is 11.1. The number of fused-ring (bicyclic) bond motifs is 1. The minimum Gasteiger partial charge on any atom is -0.378 e. The monoisotopic (exact) mass is 450 g/mol. The van der Waals surface area contributed by atoms with Crippen molar-refractivity contribution in [1.29, 1.82) is 0 Å². The summed E-state index contributed by atoms with van der Waals surface area (Å²) in [5.74, 6) is 0.865. The van der Waals surface area contributed by atoms with Crippen LogP contribution < -0.4 is 15.4 Å². The van der Waals surface area contributed by atoms with Gasteiger partial charge in [-0.1, -0.05) is 41.9 Å². The molecule has 2 aromatic carbocycles. The van der Waals surface area contributed by atoms with Crippen molar-refractivity contribution in [2.75, 3.05) is 42.6 Å². The molecule has 3 heterocycles. The van der Waals surface area contributed by atoms with Gasteiger partial charge in [0, 0.05) is 42.0 Å². The number of aromatic amines is 1. The number of amides is 1. The summed E-state index contributed by atoms with van der Waals surface area (Å²) in [6, 6.07) is 15.2. The quantitative estimate of drug-likeness (QED) is 0.661. The van der Waals surface area contributed by atoms with Crippen molar-refractivity contribution in [1.82, 2.24) is 9.97 Å². The van der Waals surface area contributed by atoms with E-state index in [1.807, 2.05) is 47.4 Å². The topological polar surface area (TPSA) is 78.5 Å². The van der Waals surface area contributed by atoms with Crippen LogP contribution in [0, 0.1) is 0 Å². The highest BCUT2D eigenvalue weighted by atomic mass is 35.5. The van der Waals surface area contributed by atoms with E-state index in [-0.39, 0.29) is 17.9 Å². The summed E-state index contributed by atoms with van der Waals surface area (Å²) in [5.41, 5.74) is 3.75. The van der Waals surface area contributed by atoms with Gasteiger partial charge in [-0.05, 0) is 29.7 Å². The Morgan fingerprint density at radius 2 is 1.84 bits per heavy atom. The Bertz CT molecular complexity index is 1220. The number of nitrogens with one attached hydrogen (secondary N) is 1. The Labute approximate surface area is 190 Å². The molecule has 3 aromatic rings. The van der Waals surface area contributed by atoms with Gasteiger partial charge in [-0.15, -0.1) is 0 Å². The lowest BCUT2D eigenvalue weighted by Crippen LogP contribution is -2.38. The van der Waals surface area contributed by atoms with Crippen LogP contribution in [0.5, 0.6) is 0 Å². The molecule has 1 fully saturated rings.